The van der Waals surface area contributed by atoms with Crippen LogP contribution in [0.5, 0.6) is 0 Å². The van der Waals surface area contributed by atoms with Crippen molar-refractivity contribution in [2.45, 2.75) is 57.9 Å². The third kappa shape index (κ3) is 2.38. The van der Waals surface area contributed by atoms with E-state index in [9.17, 15) is 4.79 Å². The Balaban J connectivity index is 1.77. The number of aromatic amines is 1. The second-order valence-corrected chi connectivity index (χ2v) is 5.71. The molecule has 0 aromatic carbocycles. The topological polar surface area (TPSA) is 61.9 Å². The summed E-state index contributed by atoms with van der Waals surface area (Å²) in [6, 6.07) is 0.429. The largest absolute Gasteiger partial charge is 0.333 e. The monoisotopic (exact) mass is 262 g/mol. The summed E-state index contributed by atoms with van der Waals surface area (Å²) in [5, 5.41) is 6.91. The molecular formula is C14H22N4O. The molecule has 2 fully saturated rings. The number of nitrogens with one attached hydrogen (secondary N) is 1. The summed E-state index contributed by atoms with van der Waals surface area (Å²) in [6.07, 6.45) is 8.19. The fourth-order valence-electron chi connectivity index (χ4n) is 3.55. The van der Waals surface area contributed by atoms with Crippen LogP contribution in [0.1, 0.15) is 61.9 Å². The Kier molecular flexibility index (Phi) is 3.53. The van der Waals surface area contributed by atoms with Crippen LogP contribution in [0.2, 0.25) is 0 Å². The molecule has 1 aliphatic carbocycles. The summed E-state index contributed by atoms with van der Waals surface area (Å²) in [5.74, 6) is 1.87. The second-order valence-electron chi connectivity index (χ2n) is 5.71. The summed E-state index contributed by atoms with van der Waals surface area (Å²) in [5.41, 5.74) is 0. The maximum atomic E-state index is 12.6. The molecule has 0 radical (unpaired) electrons. The van der Waals surface area contributed by atoms with E-state index < -0.39 is 0 Å². The molecule has 1 aromatic rings. The fourth-order valence-corrected chi connectivity index (χ4v) is 3.55. The van der Waals surface area contributed by atoms with Crippen molar-refractivity contribution in [3.8, 4) is 0 Å². The highest BCUT2D eigenvalue weighted by atomic mass is 16.2. The maximum absolute atomic E-state index is 12.6. The van der Waals surface area contributed by atoms with Crippen LogP contribution in [0.25, 0.3) is 0 Å². The number of H-pyrrole nitrogens is 1. The van der Waals surface area contributed by atoms with Gasteiger partial charge in [0, 0.05) is 19.0 Å². The van der Waals surface area contributed by atoms with Crippen LogP contribution >= 0.6 is 0 Å². The Morgan fingerprint density at radius 3 is 2.89 bits per heavy atom. The summed E-state index contributed by atoms with van der Waals surface area (Å²) < 4.78 is 0. The third-order valence-corrected chi connectivity index (χ3v) is 4.56. The average molecular weight is 262 g/mol. The zero-order chi connectivity index (χ0) is 13.2. The van der Waals surface area contributed by atoms with Crippen LogP contribution in [0.3, 0.4) is 0 Å². The molecule has 1 aromatic heterocycles. The number of hydrogen-bond donors (Lipinski definition) is 1. The Bertz CT molecular complexity index is 454. The molecule has 1 N–H and O–H groups in total. The van der Waals surface area contributed by atoms with Gasteiger partial charge < -0.3 is 4.90 Å². The van der Waals surface area contributed by atoms with Gasteiger partial charge in [-0.05, 0) is 31.6 Å². The quantitative estimate of drug-likeness (QED) is 0.888. The van der Waals surface area contributed by atoms with Gasteiger partial charge in [-0.2, -0.15) is 0 Å². The van der Waals surface area contributed by atoms with Crippen molar-refractivity contribution < 1.29 is 4.79 Å². The molecular weight excluding hydrogens is 240 g/mol. The Hall–Kier alpha value is -1.39. The first kappa shape index (κ1) is 12.6. The van der Waals surface area contributed by atoms with E-state index in [0.717, 1.165) is 31.6 Å². The first-order valence-electron chi connectivity index (χ1n) is 7.52. The van der Waals surface area contributed by atoms with E-state index in [1.54, 1.807) is 0 Å². The van der Waals surface area contributed by atoms with Gasteiger partial charge in [-0.15, -0.1) is 5.10 Å². The summed E-state index contributed by atoms with van der Waals surface area (Å²) in [7, 11) is 0. The standard InChI is InChI=1S/C14H22N4O/c1-2-12-15-13(17-16-12)14(19)18-9-5-7-10-6-3-4-8-11(10)18/h10-11H,2-9H2,1H3,(H,15,16,17). The number of amides is 1. The van der Waals surface area contributed by atoms with E-state index in [0.29, 0.717) is 17.8 Å². The second kappa shape index (κ2) is 5.31. The molecule has 104 valence electrons. The first-order chi connectivity index (χ1) is 9.29. The van der Waals surface area contributed by atoms with E-state index in [-0.39, 0.29) is 5.91 Å². The first-order valence-corrected chi connectivity index (χ1v) is 7.52. The van der Waals surface area contributed by atoms with E-state index >= 15 is 0 Å². The van der Waals surface area contributed by atoms with Gasteiger partial charge in [0.15, 0.2) is 0 Å². The lowest BCUT2D eigenvalue weighted by molar-refractivity contribution is 0.0380. The number of nitrogens with zero attached hydrogens (tertiary/aromatic N) is 3. The Labute approximate surface area is 113 Å². The number of hydrogen-bond acceptors (Lipinski definition) is 3. The molecule has 2 atom stereocenters. The number of fused-ring (bicyclic) bond motifs is 1. The fraction of sp³-hybridized carbons (Fsp3) is 0.786. The molecule has 3 rings (SSSR count). The van der Waals surface area contributed by atoms with Crippen molar-refractivity contribution in [2.24, 2.45) is 5.92 Å². The number of piperidine rings is 1. The third-order valence-electron chi connectivity index (χ3n) is 4.56. The van der Waals surface area contributed by atoms with Crippen molar-refractivity contribution >= 4 is 5.91 Å². The number of aromatic nitrogens is 3. The van der Waals surface area contributed by atoms with Crippen LogP contribution in [-0.2, 0) is 6.42 Å². The molecule has 19 heavy (non-hydrogen) atoms. The minimum atomic E-state index is 0.0209. The van der Waals surface area contributed by atoms with E-state index in [4.69, 9.17) is 0 Å². The molecule has 1 saturated heterocycles. The highest BCUT2D eigenvalue weighted by Crippen LogP contribution is 2.35. The smallest absolute Gasteiger partial charge is 0.293 e. The van der Waals surface area contributed by atoms with Crippen LogP contribution in [0.4, 0.5) is 0 Å². The van der Waals surface area contributed by atoms with Gasteiger partial charge in [0.25, 0.3) is 5.91 Å². The normalized spacial score (nSPS) is 27.1. The van der Waals surface area contributed by atoms with Crippen LogP contribution in [-0.4, -0.2) is 38.6 Å². The molecule has 1 aliphatic heterocycles. The summed E-state index contributed by atoms with van der Waals surface area (Å²) in [6.45, 7) is 2.88. The zero-order valence-corrected chi connectivity index (χ0v) is 11.6. The molecule has 0 bridgehead atoms. The number of carbonyl (C=O) groups is 1. The molecule has 0 spiro atoms. The van der Waals surface area contributed by atoms with E-state index in [1.807, 2.05) is 11.8 Å². The van der Waals surface area contributed by atoms with Crippen LogP contribution < -0.4 is 0 Å². The number of rotatable bonds is 2. The molecule has 2 unspecified atom stereocenters. The molecule has 1 amide bonds. The molecule has 5 heteroatoms. The Morgan fingerprint density at radius 1 is 1.32 bits per heavy atom. The van der Waals surface area contributed by atoms with Crippen molar-refractivity contribution in [1.82, 2.24) is 20.1 Å². The van der Waals surface area contributed by atoms with E-state index in [1.165, 1.54) is 25.7 Å². The molecule has 2 heterocycles. The van der Waals surface area contributed by atoms with Crippen molar-refractivity contribution in [3.63, 3.8) is 0 Å². The van der Waals surface area contributed by atoms with Gasteiger partial charge in [0.05, 0.1) is 0 Å². The van der Waals surface area contributed by atoms with Gasteiger partial charge >= 0.3 is 0 Å². The van der Waals surface area contributed by atoms with Crippen molar-refractivity contribution in [1.29, 1.82) is 0 Å². The molecule has 1 saturated carbocycles. The van der Waals surface area contributed by atoms with Gasteiger partial charge in [-0.1, -0.05) is 19.8 Å². The lowest BCUT2D eigenvalue weighted by Crippen LogP contribution is -2.49. The predicted molar refractivity (Wildman–Crippen MR) is 71.8 cm³/mol. The lowest BCUT2D eigenvalue weighted by atomic mass is 9.78. The minimum absolute atomic E-state index is 0.0209. The van der Waals surface area contributed by atoms with Gasteiger partial charge in [-0.25, -0.2) is 4.98 Å². The lowest BCUT2D eigenvalue weighted by Gasteiger charge is -2.43. The Morgan fingerprint density at radius 2 is 2.11 bits per heavy atom. The highest BCUT2D eigenvalue weighted by Gasteiger charge is 2.37. The van der Waals surface area contributed by atoms with Crippen molar-refractivity contribution in [2.75, 3.05) is 6.54 Å². The van der Waals surface area contributed by atoms with Crippen LogP contribution in [0.15, 0.2) is 0 Å². The SMILES string of the molecule is CCc1nc(C(=O)N2CCCC3CCCCC32)n[nH]1. The van der Waals surface area contributed by atoms with Crippen molar-refractivity contribution in [3.05, 3.63) is 11.6 Å². The summed E-state index contributed by atoms with van der Waals surface area (Å²) >= 11 is 0. The molecule has 2 aliphatic rings. The maximum Gasteiger partial charge on any atom is 0.293 e. The van der Waals surface area contributed by atoms with Gasteiger partial charge in [0.1, 0.15) is 5.82 Å². The van der Waals surface area contributed by atoms with E-state index in [2.05, 4.69) is 15.2 Å². The van der Waals surface area contributed by atoms with Crippen LogP contribution in [0, 0.1) is 5.92 Å². The molecule has 5 nitrogen and oxygen atoms in total. The predicted octanol–water partition coefficient (Wildman–Crippen LogP) is 2.16. The average Bonchev–Trinajstić information content (AvgIpc) is 2.95. The summed E-state index contributed by atoms with van der Waals surface area (Å²) in [4.78, 5) is 18.9. The highest BCUT2D eigenvalue weighted by molar-refractivity contribution is 5.90. The minimum Gasteiger partial charge on any atom is -0.333 e. The number of likely N-dealkylation sites (tertiary alicyclic amines) is 1. The van der Waals surface area contributed by atoms with Gasteiger partial charge in [-0.3, -0.25) is 9.89 Å². The number of aryl methyl sites for hydroxylation is 1. The zero-order valence-electron chi connectivity index (χ0n) is 11.6. The van der Waals surface area contributed by atoms with Gasteiger partial charge in [0.2, 0.25) is 5.82 Å². The number of carbonyl (C=O) groups excluding carboxylic acids is 1.